The van der Waals surface area contributed by atoms with Crippen molar-refractivity contribution in [3.05, 3.63) is 18.1 Å². The van der Waals surface area contributed by atoms with Gasteiger partial charge in [-0.25, -0.2) is 9.97 Å². The lowest BCUT2D eigenvalue weighted by atomic mass is 10.2. The van der Waals surface area contributed by atoms with E-state index in [0.29, 0.717) is 16.8 Å². The second kappa shape index (κ2) is 5.35. The van der Waals surface area contributed by atoms with Crippen molar-refractivity contribution in [3.8, 4) is 0 Å². The minimum Gasteiger partial charge on any atom is -0.382 e. The fourth-order valence-corrected chi connectivity index (χ4v) is 2.80. The Bertz CT molecular complexity index is 395. The number of aromatic nitrogens is 2. The van der Waals surface area contributed by atoms with Crippen LogP contribution in [0.3, 0.4) is 0 Å². The zero-order chi connectivity index (χ0) is 12.3. The number of carbonyl (C=O) groups is 1. The highest BCUT2D eigenvalue weighted by Crippen LogP contribution is 2.28. The van der Waals surface area contributed by atoms with Crippen LogP contribution in [0.4, 0.5) is 5.82 Å². The Morgan fingerprint density at radius 3 is 2.88 bits per heavy atom. The van der Waals surface area contributed by atoms with E-state index in [0.717, 1.165) is 12.8 Å². The van der Waals surface area contributed by atoms with Gasteiger partial charge in [-0.05, 0) is 25.5 Å². The van der Waals surface area contributed by atoms with Gasteiger partial charge < -0.3 is 11.1 Å². The largest absolute Gasteiger partial charge is 0.382 e. The monoisotopic (exact) mass is 252 g/mol. The molecule has 0 spiro atoms. The number of carbonyl (C=O) groups excluding carboxylic acids is 1. The molecule has 6 heteroatoms. The fraction of sp³-hybridized carbons (Fsp3) is 0.545. The number of hydrogen-bond acceptors (Lipinski definition) is 5. The topological polar surface area (TPSA) is 80.9 Å². The molecule has 2 unspecified atom stereocenters. The lowest BCUT2D eigenvalue weighted by Crippen LogP contribution is -2.33. The number of nitrogens with two attached hydrogens (primary N) is 1. The van der Waals surface area contributed by atoms with Gasteiger partial charge >= 0.3 is 0 Å². The van der Waals surface area contributed by atoms with Crippen LogP contribution in [0.5, 0.6) is 0 Å². The average molecular weight is 252 g/mol. The number of anilines is 1. The van der Waals surface area contributed by atoms with Gasteiger partial charge in [0.05, 0.1) is 12.4 Å². The molecule has 0 saturated heterocycles. The van der Waals surface area contributed by atoms with Gasteiger partial charge in [-0.2, -0.15) is 11.8 Å². The number of nitrogen functional groups attached to an aromatic ring is 1. The van der Waals surface area contributed by atoms with Crippen LogP contribution in [0.15, 0.2) is 12.4 Å². The summed E-state index contributed by atoms with van der Waals surface area (Å²) in [5.41, 5.74) is 5.74. The van der Waals surface area contributed by atoms with Gasteiger partial charge in [0, 0.05) is 11.3 Å². The first-order valence-corrected chi connectivity index (χ1v) is 6.89. The van der Waals surface area contributed by atoms with Crippen molar-refractivity contribution < 1.29 is 4.79 Å². The summed E-state index contributed by atoms with van der Waals surface area (Å²) in [6, 6.07) is 0.263. The van der Waals surface area contributed by atoms with Gasteiger partial charge in [0.25, 0.3) is 5.91 Å². The number of thioether (sulfide) groups is 1. The van der Waals surface area contributed by atoms with Crippen molar-refractivity contribution in [2.75, 3.05) is 12.0 Å². The standard InChI is InChI=1S/C11H16N4OS/c1-17-8-3-2-7(4-8)15-11(16)9-5-14-10(12)6-13-9/h5-8H,2-4H2,1H3,(H2,12,14)(H,15,16). The molecule has 2 atom stereocenters. The van der Waals surface area contributed by atoms with Crippen molar-refractivity contribution in [3.63, 3.8) is 0 Å². The number of amides is 1. The quantitative estimate of drug-likeness (QED) is 0.841. The highest BCUT2D eigenvalue weighted by Gasteiger charge is 2.25. The summed E-state index contributed by atoms with van der Waals surface area (Å²) in [6.45, 7) is 0. The van der Waals surface area contributed by atoms with E-state index in [9.17, 15) is 4.79 Å². The second-order valence-corrected chi connectivity index (χ2v) is 5.31. The molecule has 17 heavy (non-hydrogen) atoms. The van der Waals surface area contributed by atoms with Crippen molar-refractivity contribution in [2.24, 2.45) is 0 Å². The molecule has 3 N–H and O–H groups in total. The molecule has 1 saturated carbocycles. The fourth-order valence-electron chi connectivity index (χ4n) is 2.00. The second-order valence-electron chi connectivity index (χ2n) is 4.17. The van der Waals surface area contributed by atoms with E-state index in [-0.39, 0.29) is 11.9 Å². The van der Waals surface area contributed by atoms with Crippen LogP contribution >= 0.6 is 11.8 Å². The van der Waals surface area contributed by atoms with Crippen LogP contribution in [0.2, 0.25) is 0 Å². The molecule has 1 aromatic rings. The molecule has 0 aromatic carbocycles. The summed E-state index contributed by atoms with van der Waals surface area (Å²) in [7, 11) is 0. The van der Waals surface area contributed by atoms with Gasteiger partial charge in [-0.1, -0.05) is 0 Å². The third-order valence-corrected chi connectivity index (χ3v) is 4.05. The van der Waals surface area contributed by atoms with Crippen LogP contribution in [0.1, 0.15) is 29.8 Å². The van der Waals surface area contributed by atoms with E-state index in [4.69, 9.17) is 5.73 Å². The minimum absolute atomic E-state index is 0.163. The Morgan fingerprint density at radius 2 is 2.29 bits per heavy atom. The van der Waals surface area contributed by atoms with Crippen LogP contribution in [-0.4, -0.2) is 33.4 Å². The molecule has 92 valence electrons. The Hall–Kier alpha value is -1.30. The summed E-state index contributed by atoms with van der Waals surface area (Å²) in [5.74, 6) is 0.161. The highest BCUT2D eigenvalue weighted by molar-refractivity contribution is 7.99. The maximum Gasteiger partial charge on any atom is 0.271 e. The average Bonchev–Trinajstić information content (AvgIpc) is 2.77. The molecule has 1 aliphatic carbocycles. The summed E-state index contributed by atoms with van der Waals surface area (Å²) < 4.78 is 0. The minimum atomic E-state index is -0.163. The Balaban J connectivity index is 1.91. The van der Waals surface area contributed by atoms with Gasteiger partial charge in [0.1, 0.15) is 11.5 Å². The number of nitrogens with one attached hydrogen (secondary N) is 1. The first-order valence-electron chi connectivity index (χ1n) is 5.60. The highest BCUT2D eigenvalue weighted by atomic mass is 32.2. The molecule has 1 fully saturated rings. The molecule has 1 amide bonds. The van der Waals surface area contributed by atoms with E-state index >= 15 is 0 Å². The zero-order valence-electron chi connectivity index (χ0n) is 9.72. The predicted octanol–water partition coefficient (Wildman–Crippen LogP) is 1.07. The van der Waals surface area contributed by atoms with Crippen molar-refractivity contribution in [2.45, 2.75) is 30.6 Å². The van der Waals surface area contributed by atoms with E-state index in [1.165, 1.54) is 18.8 Å². The van der Waals surface area contributed by atoms with Gasteiger partial charge in [0.2, 0.25) is 0 Å². The molecule has 2 rings (SSSR count). The van der Waals surface area contributed by atoms with E-state index < -0.39 is 0 Å². The number of rotatable bonds is 3. The maximum atomic E-state index is 11.8. The van der Waals surface area contributed by atoms with Gasteiger partial charge in [-0.3, -0.25) is 4.79 Å². The van der Waals surface area contributed by atoms with Crippen LogP contribution in [0, 0.1) is 0 Å². The first-order chi connectivity index (χ1) is 8.19. The van der Waals surface area contributed by atoms with E-state index in [2.05, 4.69) is 21.5 Å². The number of nitrogens with zero attached hydrogens (tertiary/aromatic N) is 2. The lowest BCUT2D eigenvalue weighted by Gasteiger charge is -2.12. The Labute approximate surface area is 105 Å². The smallest absolute Gasteiger partial charge is 0.271 e. The maximum absolute atomic E-state index is 11.8. The molecule has 1 aromatic heterocycles. The molecular formula is C11H16N4OS. The van der Waals surface area contributed by atoms with Crippen molar-refractivity contribution in [1.29, 1.82) is 0 Å². The Kier molecular flexibility index (Phi) is 3.83. The lowest BCUT2D eigenvalue weighted by molar-refractivity contribution is 0.0932. The van der Waals surface area contributed by atoms with Crippen LogP contribution < -0.4 is 11.1 Å². The zero-order valence-corrected chi connectivity index (χ0v) is 10.5. The molecule has 0 bridgehead atoms. The molecule has 1 aliphatic rings. The summed E-state index contributed by atoms with van der Waals surface area (Å²) in [6.07, 6.45) is 8.16. The molecule has 5 nitrogen and oxygen atoms in total. The van der Waals surface area contributed by atoms with Crippen LogP contribution in [-0.2, 0) is 0 Å². The molecule has 0 aliphatic heterocycles. The molecule has 1 heterocycles. The SMILES string of the molecule is CSC1CCC(NC(=O)c2cnc(N)cn2)C1. The number of hydrogen-bond donors (Lipinski definition) is 2. The van der Waals surface area contributed by atoms with Gasteiger partial charge in [0.15, 0.2) is 0 Å². The molecule has 0 radical (unpaired) electrons. The van der Waals surface area contributed by atoms with Gasteiger partial charge in [-0.15, -0.1) is 0 Å². The summed E-state index contributed by atoms with van der Waals surface area (Å²) in [4.78, 5) is 19.7. The molecular weight excluding hydrogens is 236 g/mol. The first kappa shape index (κ1) is 12.2. The van der Waals surface area contributed by atoms with E-state index in [1.807, 2.05) is 11.8 Å². The summed E-state index contributed by atoms with van der Waals surface area (Å²) in [5, 5.41) is 3.65. The Morgan fingerprint density at radius 1 is 1.47 bits per heavy atom. The third-order valence-electron chi connectivity index (χ3n) is 2.96. The third kappa shape index (κ3) is 3.09. The van der Waals surface area contributed by atoms with Crippen LogP contribution in [0.25, 0.3) is 0 Å². The normalized spacial score (nSPS) is 23.6. The predicted molar refractivity (Wildman–Crippen MR) is 68.9 cm³/mol. The van der Waals surface area contributed by atoms with Crippen molar-refractivity contribution >= 4 is 23.5 Å². The van der Waals surface area contributed by atoms with E-state index in [1.54, 1.807) is 0 Å². The summed E-state index contributed by atoms with van der Waals surface area (Å²) >= 11 is 1.87. The van der Waals surface area contributed by atoms with Crippen molar-refractivity contribution in [1.82, 2.24) is 15.3 Å².